The van der Waals surface area contributed by atoms with E-state index in [9.17, 15) is 13.2 Å². The summed E-state index contributed by atoms with van der Waals surface area (Å²) >= 11 is 0. The maximum absolute atomic E-state index is 12.1. The number of ether oxygens (including phenoxy) is 2. The second-order valence-corrected chi connectivity index (χ2v) is 7.53. The number of hydrogen-bond donors (Lipinski definition) is 2. The highest BCUT2D eigenvalue weighted by atomic mass is 32.2. The molecule has 0 aromatic heterocycles. The van der Waals surface area contributed by atoms with Crippen molar-refractivity contribution in [1.82, 2.24) is 10.0 Å². The SMILES string of the molecule is CCNS(=O)(=O)c1ccc(OCCNC(=O)c2ccc(OC)cc2)c(C)c1. The second kappa shape index (κ2) is 9.38. The summed E-state index contributed by atoms with van der Waals surface area (Å²) in [5.41, 5.74) is 1.24. The van der Waals surface area contributed by atoms with E-state index < -0.39 is 10.0 Å². The summed E-state index contributed by atoms with van der Waals surface area (Å²) in [5.74, 6) is 1.05. The molecule has 27 heavy (non-hydrogen) atoms. The third kappa shape index (κ3) is 5.70. The Bertz CT molecular complexity index is 879. The molecule has 2 N–H and O–H groups in total. The van der Waals surface area contributed by atoms with Gasteiger partial charge in [0.05, 0.1) is 18.6 Å². The molecule has 0 bridgehead atoms. The Kier molecular flexibility index (Phi) is 7.20. The van der Waals surface area contributed by atoms with E-state index in [2.05, 4.69) is 10.0 Å². The van der Waals surface area contributed by atoms with E-state index in [-0.39, 0.29) is 17.4 Å². The zero-order chi connectivity index (χ0) is 19.9. The fourth-order valence-electron chi connectivity index (χ4n) is 2.39. The third-order valence-corrected chi connectivity index (χ3v) is 5.33. The summed E-state index contributed by atoms with van der Waals surface area (Å²) in [5, 5.41) is 2.77. The quantitative estimate of drug-likeness (QED) is 0.638. The first-order chi connectivity index (χ1) is 12.9. The summed E-state index contributed by atoms with van der Waals surface area (Å²) in [6.07, 6.45) is 0. The smallest absolute Gasteiger partial charge is 0.251 e. The van der Waals surface area contributed by atoms with Gasteiger partial charge < -0.3 is 14.8 Å². The molecule has 0 fully saturated rings. The molecular formula is C19H24N2O5S. The first kappa shape index (κ1) is 20.7. The average molecular weight is 392 g/mol. The molecule has 8 heteroatoms. The van der Waals surface area contributed by atoms with Gasteiger partial charge in [-0.1, -0.05) is 6.92 Å². The molecule has 0 aliphatic heterocycles. The number of carbonyl (C=O) groups excluding carboxylic acids is 1. The maximum Gasteiger partial charge on any atom is 0.251 e. The average Bonchev–Trinajstić information content (AvgIpc) is 2.66. The van der Waals surface area contributed by atoms with E-state index in [1.165, 1.54) is 6.07 Å². The van der Waals surface area contributed by atoms with Crippen LogP contribution in [0.25, 0.3) is 0 Å². The third-order valence-electron chi connectivity index (χ3n) is 3.79. The van der Waals surface area contributed by atoms with E-state index in [0.717, 1.165) is 0 Å². The van der Waals surface area contributed by atoms with Crippen LogP contribution in [0.5, 0.6) is 11.5 Å². The largest absolute Gasteiger partial charge is 0.497 e. The van der Waals surface area contributed by atoms with Gasteiger partial charge >= 0.3 is 0 Å². The van der Waals surface area contributed by atoms with Crippen molar-refractivity contribution in [1.29, 1.82) is 0 Å². The Morgan fingerprint density at radius 2 is 1.81 bits per heavy atom. The maximum atomic E-state index is 12.1. The predicted octanol–water partition coefficient (Wildman–Crippen LogP) is 2.11. The molecule has 1 amide bonds. The Labute approximate surface area is 159 Å². The molecule has 2 rings (SSSR count). The number of amides is 1. The normalized spacial score (nSPS) is 11.1. The van der Waals surface area contributed by atoms with Crippen LogP contribution in [-0.2, 0) is 10.0 Å². The number of benzene rings is 2. The predicted molar refractivity (Wildman–Crippen MR) is 103 cm³/mol. The number of sulfonamides is 1. The molecule has 0 saturated carbocycles. The molecule has 0 saturated heterocycles. The minimum atomic E-state index is -3.49. The lowest BCUT2D eigenvalue weighted by molar-refractivity contribution is 0.0947. The van der Waals surface area contributed by atoms with Crippen molar-refractivity contribution in [2.24, 2.45) is 0 Å². The van der Waals surface area contributed by atoms with E-state index in [1.807, 2.05) is 0 Å². The van der Waals surface area contributed by atoms with Crippen LogP contribution in [0.15, 0.2) is 47.4 Å². The minimum absolute atomic E-state index is 0.196. The fourth-order valence-corrected chi connectivity index (χ4v) is 3.52. The molecule has 0 atom stereocenters. The van der Waals surface area contributed by atoms with Gasteiger partial charge in [-0.05, 0) is 55.0 Å². The highest BCUT2D eigenvalue weighted by Crippen LogP contribution is 2.21. The van der Waals surface area contributed by atoms with E-state index >= 15 is 0 Å². The van der Waals surface area contributed by atoms with Crippen molar-refractivity contribution in [3.63, 3.8) is 0 Å². The molecule has 0 heterocycles. The number of hydrogen-bond acceptors (Lipinski definition) is 5. The van der Waals surface area contributed by atoms with Gasteiger partial charge in [-0.25, -0.2) is 13.1 Å². The van der Waals surface area contributed by atoms with Crippen LogP contribution < -0.4 is 19.5 Å². The van der Waals surface area contributed by atoms with Crippen LogP contribution in [0, 0.1) is 6.92 Å². The zero-order valence-corrected chi connectivity index (χ0v) is 16.4. The molecular weight excluding hydrogens is 368 g/mol. The Morgan fingerprint density at radius 3 is 2.41 bits per heavy atom. The summed E-state index contributed by atoms with van der Waals surface area (Å²) in [4.78, 5) is 12.3. The second-order valence-electron chi connectivity index (χ2n) is 5.76. The van der Waals surface area contributed by atoms with Crippen molar-refractivity contribution in [3.05, 3.63) is 53.6 Å². The fraction of sp³-hybridized carbons (Fsp3) is 0.316. The van der Waals surface area contributed by atoms with Crippen LogP contribution in [-0.4, -0.2) is 41.1 Å². The first-order valence-corrected chi connectivity index (χ1v) is 10.0. The first-order valence-electron chi connectivity index (χ1n) is 8.52. The van der Waals surface area contributed by atoms with Gasteiger partial charge in [0.2, 0.25) is 10.0 Å². The lowest BCUT2D eigenvalue weighted by Gasteiger charge is -2.12. The number of methoxy groups -OCH3 is 1. The minimum Gasteiger partial charge on any atom is -0.497 e. The van der Waals surface area contributed by atoms with Crippen LogP contribution >= 0.6 is 0 Å². The van der Waals surface area contributed by atoms with Crippen molar-refractivity contribution >= 4 is 15.9 Å². The van der Waals surface area contributed by atoms with Gasteiger partial charge in [0, 0.05) is 12.1 Å². The summed E-state index contributed by atoms with van der Waals surface area (Å²) in [7, 11) is -1.93. The Hall–Kier alpha value is -2.58. The number of aryl methyl sites for hydroxylation is 1. The van der Waals surface area contributed by atoms with Gasteiger partial charge in [0.1, 0.15) is 18.1 Å². The molecule has 146 valence electrons. The highest BCUT2D eigenvalue weighted by Gasteiger charge is 2.14. The van der Waals surface area contributed by atoms with Crippen molar-refractivity contribution in [2.45, 2.75) is 18.7 Å². The standard InChI is InChI=1S/C19H24N2O5S/c1-4-21-27(23,24)17-9-10-18(14(2)13-17)26-12-11-20-19(22)15-5-7-16(25-3)8-6-15/h5-10,13,21H,4,11-12H2,1-3H3,(H,20,22). The van der Waals surface area contributed by atoms with Gasteiger partial charge in [0.25, 0.3) is 5.91 Å². The molecule has 2 aromatic carbocycles. The van der Waals surface area contributed by atoms with Crippen molar-refractivity contribution < 1.29 is 22.7 Å². The molecule has 0 aliphatic rings. The molecule has 0 unspecified atom stereocenters. The highest BCUT2D eigenvalue weighted by molar-refractivity contribution is 7.89. The molecule has 7 nitrogen and oxygen atoms in total. The van der Waals surface area contributed by atoms with Gasteiger partial charge in [-0.2, -0.15) is 0 Å². The van der Waals surface area contributed by atoms with Crippen LogP contribution in [0.1, 0.15) is 22.8 Å². The van der Waals surface area contributed by atoms with Crippen molar-refractivity contribution in [2.75, 3.05) is 26.8 Å². The van der Waals surface area contributed by atoms with Gasteiger partial charge in [0.15, 0.2) is 0 Å². The van der Waals surface area contributed by atoms with E-state index in [0.29, 0.717) is 35.7 Å². The van der Waals surface area contributed by atoms with Crippen molar-refractivity contribution in [3.8, 4) is 11.5 Å². The number of carbonyl (C=O) groups is 1. The van der Waals surface area contributed by atoms with Gasteiger partial charge in [-0.3, -0.25) is 4.79 Å². The Morgan fingerprint density at radius 1 is 1.11 bits per heavy atom. The summed E-state index contributed by atoms with van der Waals surface area (Å²) in [6.45, 7) is 4.41. The van der Waals surface area contributed by atoms with Crippen LogP contribution in [0.4, 0.5) is 0 Å². The van der Waals surface area contributed by atoms with E-state index in [1.54, 1.807) is 57.4 Å². The summed E-state index contributed by atoms with van der Waals surface area (Å²) in [6, 6.07) is 11.5. The Balaban J connectivity index is 1.87. The monoisotopic (exact) mass is 392 g/mol. The lowest BCUT2D eigenvalue weighted by Crippen LogP contribution is -2.28. The van der Waals surface area contributed by atoms with Crippen LogP contribution in [0.2, 0.25) is 0 Å². The number of nitrogens with one attached hydrogen (secondary N) is 2. The van der Waals surface area contributed by atoms with Crippen LogP contribution in [0.3, 0.4) is 0 Å². The van der Waals surface area contributed by atoms with E-state index in [4.69, 9.17) is 9.47 Å². The topological polar surface area (TPSA) is 93.7 Å². The lowest BCUT2D eigenvalue weighted by atomic mass is 10.2. The molecule has 0 radical (unpaired) electrons. The molecule has 2 aromatic rings. The van der Waals surface area contributed by atoms with Gasteiger partial charge in [-0.15, -0.1) is 0 Å². The molecule has 0 spiro atoms. The zero-order valence-electron chi connectivity index (χ0n) is 15.6. The molecule has 0 aliphatic carbocycles. The summed E-state index contributed by atoms with van der Waals surface area (Å²) < 4.78 is 37.1. The number of rotatable bonds is 9.